The number of imidazole rings is 1. The molecule has 0 aliphatic rings. The standard InChI is InChI=1S/C8H10N2O2S/c1-2-7(11)12-6-5-10-4-3-9-8(10)13/h2-4H,1,5-6H2,(H,9,13). The lowest BCUT2D eigenvalue weighted by molar-refractivity contribution is -0.138. The van der Waals surface area contributed by atoms with Crippen molar-refractivity contribution in [3.05, 3.63) is 29.8 Å². The Hall–Kier alpha value is -1.36. The van der Waals surface area contributed by atoms with Crippen molar-refractivity contribution >= 4 is 18.2 Å². The number of nitrogens with zero attached hydrogens (tertiary/aromatic N) is 1. The minimum absolute atomic E-state index is 0.303. The van der Waals surface area contributed by atoms with Gasteiger partial charge in [-0.3, -0.25) is 0 Å². The third-order valence-corrected chi connectivity index (χ3v) is 1.82. The van der Waals surface area contributed by atoms with E-state index in [2.05, 4.69) is 11.6 Å². The summed E-state index contributed by atoms with van der Waals surface area (Å²) >= 11 is 4.94. The Bertz CT molecular complexity index is 353. The molecule has 0 aliphatic heterocycles. The summed E-state index contributed by atoms with van der Waals surface area (Å²) < 4.78 is 7.18. The monoisotopic (exact) mass is 198 g/mol. The van der Waals surface area contributed by atoms with Crippen LogP contribution in [0.3, 0.4) is 0 Å². The molecule has 70 valence electrons. The van der Waals surface area contributed by atoms with E-state index < -0.39 is 5.97 Å². The van der Waals surface area contributed by atoms with E-state index in [4.69, 9.17) is 17.0 Å². The van der Waals surface area contributed by atoms with Crippen LogP contribution in [0.2, 0.25) is 0 Å². The van der Waals surface area contributed by atoms with Crippen molar-refractivity contribution in [1.82, 2.24) is 9.55 Å². The lowest BCUT2D eigenvalue weighted by Crippen LogP contribution is -2.08. The molecule has 1 rings (SSSR count). The molecule has 0 unspecified atom stereocenters. The summed E-state index contributed by atoms with van der Waals surface area (Å²) in [4.78, 5) is 13.5. The van der Waals surface area contributed by atoms with Gasteiger partial charge < -0.3 is 14.3 Å². The van der Waals surface area contributed by atoms with Crippen molar-refractivity contribution in [1.29, 1.82) is 0 Å². The van der Waals surface area contributed by atoms with Crippen LogP contribution in [0.5, 0.6) is 0 Å². The molecule has 0 bridgehead atoms. The Morgan fingerprint density at radius 3 is 3.15 bits per heavy atom. The van der Waals surface area contributed by atoms with Gasteiger partial charge in [0.05, 0.1) is 6.54 Å². The summed E-state index contributed by atoms with van der Waals surface area (Å²) in [5.41, 5.74) is 0. The zero-order valence-electron chi connectivity index (χ0n) is 7.03. The summed E-state index contributed by atoms with van der Waals surface area (Å²) in [5.74, 6) is -0.415. The van der Waals surface area contributed by atoms with Crippen molar-refractivity contribution in [2.75, 3.05) is 6.61 Å². The van der Waals surface area contributed by atoms with Crippen molar-refractivity contribution in [2.24, 2.45) is 0 Å². The second-order valence-electron chi connectivity index (χ2n) is 2.33. The summed E-state index contributed by atoms with van der Waals surface area (Å²) in [7, 11) is 0. The maximum atomic E-state index is 10.6. The molecule has 4 nitrogen and oxygen atoms in total. The van der Waals surface area contributed by atoms with E-state index in [-0.39, 0.29) is 0 Å². The Morgan fingerprint density at radius 1 is 1.85 bits per heavy atom. The van der Waals surface area contributed by atoms with Crippen molar-refractivity contribution in [3.8, 4) is 0 Å². The van der Waals surface area contributed by atoms with Crippen molar-refractivity contribution in [3.63, 3.8) is 0 Å². The van der Waals surface area contributed by atoms with E-state index >= 15 is 0 Å². The average Bonchev–Trinajstić information content (AvgIpc) is 2.52. The highest BCUT2D eigenvalue weighted by atomic mass is 32.1. The lowest BCUT2D eigenvalue weighted by atomic mass is 10.6. The second-order valence-corrected chi connectivity index (χ2v) is 2.72. The highest BCUT2D eigenvalue weighted by Gasteiger charge is 1.96. The molecule has 1 heterocycles. The smallest absolute Gasteiger partial charge is 0.330 e. The first-order chi connectivity index (χ1) is 6.24. The normalized spacial score (nSPS) is 9.54. The highest BCUT2D eigenvalue weighted by Crippen LogP contribution is 1.91. The van der Waals surface area contributed by atoms with Crippen LogP contribution >= 0.6 is 12.2 Å². The number of esters is 1. The van der Waals surface area contributed by atoms with Gasteiger partial charge in [-0.2, -0.15) is 0 Å². The molecule has 1 aromatic rings. The van der Waals surface area contributed by atoms with E-state index in [0.717, 1.165) is 6.08 Å². The van der Waals surface area contributed by atoms with Gasteiger partial charge in [0.25, 0.3) is 0 Å². The molecule has 0 aliphatic carbocycles. The molecule has 0 fully saturated rings. The minimum atomic E-state index is -0.415. The van der Waals surface area contributed by atoms with Crippen LogP contribution in [-0.2, 0) is 16.1 Å². The summed E-state index contributed by atoms with van der Waals surface area (Å²) in [6.07, 6.45) is 4.66. The lowest BCUT2D eigenvalue weighted by Gasteiger charge is -2.02. The first-order valence-electron chi connectivity index (χ1n) is 3.77. The van der Waals surface area contributed by atoms with Gasteiger partial charge in [-0.05, 0) is 12.2 Å². The van der Waals surface area contributed by atoms with Crippen LogP contribution in [0.4, 0.5) is 0 Å². The molecule has 0 amide bonds. The molecule has 0 spiro atoms. The van der Waals surface area contributed by atoms with Gasteiger partial charge in [-0.15, -0.1) is 0 Å². The number of hydrogen-bond acceptors (Lipinski definition) is 3. The molecule has 0 radical (unpaired) electrons. The predicted molar refractivity (Wildman–Crippen MR) is 50.8 cm³/mol. The van der Waals surface area contributed by atoms with Gasteiger partial charge in [-0.1, -0.05) is 6.58 Å². The molecule has 1 N–H and O–H groups in total. The van der Waals surface area contributed by atoms with Crippen LogP contribution < -0.4 is 0 Å². The van der Waals surface area contributed by atoms with Crippen molar-refractivity contribution in [2.45, 2.75) is 6.54 Å². The van der Waals surface area contributed by atoms with Gasteiger partial charge in [0.1, 0.15) is 6.61 Å². The first kappa shape index (κ1) is 9.73. The molecule has 5 heteroatoms. The van der Waals surface area contributed by atoms with E-state index in [1.807, 2.05) is 0 Å². The maximum absolute atomic E-state index is 10.6. The zero-order valence-corrected chi connectivity index (χ0v) is 7.84. The highest BCUT2D eigenvalue weighted by molar-refractivity contribution is 7.71. The molecule has 13 heavy (non-hydrogen) atoms. The number of ether oxygens (including phenoxy) is 1. The largest absolute Gasteiger partial charge is 0.461 e. The van der Waals surface area contributed by atoms with E-state index in [9.17, 15) is 4.79 Å². The second kappa shape index (κ2) is 4.61. The van der Waals surface area contributed by atoms with Crippen molar-refractivity contribution < 1.29 is 9.53 Å². The van der Waals surface area contributed by atoms with Gasteiger partial charge >= 0.3 is 5.97 Å². The van der Waals surface area contributed by atoms with Crippen LogP contribution in [0.25, 0.3) is 0 Å². The molecule has 0 saturated carbocycles. The molecular weight excluding hydrogens is 188 g/mol. The van der Waals surface area contributed by atoms with Gasteiger partial charge in [0, 0.05) is 18.5 Å². The SMILES string of the molecule is C=CC(=O)OCCn1cc[nH]c1=S. The number of aromatic nitrogens is 2. The summed E-state index contributed by atoms with van der Waals surface area (Å²) in [6.45, 7) is 4.15. The third kappa shape index (κ3) is 2.87. The predicted octanol–water partition coefficient (Wildman–Crippen LogP) is 1.27. The fourth-order valence-electron chi connectivity index (χ4n) is 0.829. The maximum Gasteiger partial charge on any atom is 0.330 e. The van der Waals surface area contributed by atoms with Crippen LogP contribution in [0.1, 0.15) is 0 Å². The van der Waals surface area contributed by atoms with E-state index in [1.54, 1.807) is 17.0 Å². The Labute approximate surface area is 80.8 Å². The van der Waals surface area contributed by atoms with Crippen LogP contribution in [0.15, 0.2) is 25.0 Å². The summed E-state index contributed by atoms with van der Waals surface area (Å²) in [5, 5.41) is 0. The van der Waals surface area contributed by atoms with E-state index in [1.165, 1.54) is 0 Å². The molecule has 0 saturated heterocycles. The fraction of sp³-hybridized carbons (Fsp3) is 0.250. The van der Waals surface area contributed by atoms with Gasteiger partial charge in [0.15, 0.2) is 4.77 Å². The van der Waals surface area contributed by atoms with E-state index in [0.29, 0.717) is 17.9 Å². The van der Waals surface area contributed by atoms with Crippen LogP contribution in [-0.4, -0.2) is 22.1 Å². The number of hydrogen-bond donors (Lipinski definition) is 1. The number of rotatable bonds is 4. The third-order valence-electron chi connectivity index (χ3n) is 1.47. The minimum Gasteiger partial charge on any atom is -0.461 e. The van der Waals surface area contributed by atoms with Gasteiger partial charge in [0.2, 0.25) is 0 Å². The Morgan fingerprint density at radius 2 is 2.62 bits per heavy atom. The zero-order chi connectivity index (χ0) is 9.68. The van der Waals surface area contributed by atoms with Gasteiger partial charge in [-0.25, -0.2) is 4.79 Å². The topological polar surface area (TPSA) is 47.0 Å². The number of H-pyrrole nitrogens is 1. The Balaban J connectivity index is 2.36. The molecular formula is C8H10N2O2S. The number of aromatic amines is 1. The first-order valence-corrected chi connectivity index (χ1v) is 4.18. The average molecular weight is 198 g/mol. The molecule has 0 atom stereocenters. The Kier molecular flexibility index (Phi) is 3.45. The molecule has 1 aromatic heterocycles. The molecule has 0 aromatic carbocycles. The fourth-order valence-corrected chi connectivity index (χ4v) is 1.05. The van der Waals surface area contributed by atoms with Crippen LogP contribution in [0, 0.1) is 4.77 Å². The number of nitrogens with one attached hydrogen (secondary N) is 1. The number of carbonyl (C=O) groups excluding carboxylic acids is 1. The summed E-state index contributed by atoms with van der Waals surface area (Å²) in [6, 6.07) is 0. The number of carbonyl (C=O) groups is 1. The quantitative estimate of drug-likeness (QED) is 0.450.